The Morgan fingerprint density at radius 1 is 1.11 bits per heavy atom. The van der Waals surface area contributed by atoms with E-state index in [4.69, 9.17) is 4.74 Å². The third-order valence-electron chi connectivity index (χ3n) is 3.64. The molecule has 2 aromatic carbocycles. The van der Waals surface area contributed by atoms with Gasteiger partial charge in [0.2, 0.25) is 11.0 Å². The smallest absolute Gasteiger partial charge is 0.261 e. The lowest BCUT2D eigenvalue weighted by Crippen LogP contribution is -2.32. The van der Waals surface area contributed by atoms with E-state index in [2.05, 4.69) is 20.8 Å². The summed E-state index contributed by atoms with van der Waals surface area (Å²) in [4.78, 5) is 24.3. The van der Waals surface area contributed by atoms with Crippen molar-refractivity contribution in [1.29, 1.82) is 0 Å². The van der Waals surface area contributed by atoms with Crippen LogP contribution in [0.15, 0.2) is 52.9 Å². The van der Waals surface area contributed by atoms with Crippen molar-refractivity contribution in [2.75, 3.05) is 18.2 Å². The second kappa shape index (κ2) is 9.34. The van der Waals surface area contributed by atoms with Crippen molar-refractivity contribution in [2.24, 2.45) is 0 Å². The largest absolute Gasteiger partial charge is 0.496 e. The molecular weight excluding hydrogens is 396 g/mol. The molecule has 0 spiro atoms. The number of para-hydroxylation sites is 1. The lowest BCUT2D eigenvalue weighted by molar-refractivity contribution is -0.117. The van der Waals surface area contributed by atoms with Gasteiger partial charge in [0.1, 0.15) is 5.75 Å². The number of thioether (sulfide) groups is 1. The third-order valence-corrected chi connectivity index (χ3v) is 5.61. The highest BCUT2D eigenvalue weighted by molar-refractivity contribution is 8.01. The van der Waals surface area contributed by atoms with E-state index in [1.54, 1.807) is 24.3 Å². The fourth-order valence-electron chi connectivity index (χ4n) is 2.27. The average molecular weight is 415 g/mol. The normalized spacial score (nSPS) is 10.4. The Hall–Kier alpha value is -2.91. The first-order chi connectivity index (χ1) is 13.5. The molecule has 9 heteroatoms. The molecule has 0 aliphatic rings. The summed E-state index contributed by atoms with van der Waals surface area (Å²) in [6.07, 6.45) is 0. The molecule has 0 aliphatic heterocycles. The van der Waals surface area contributed by atoms with Gasteiger partial charge in [-0.05, 0) is 31.2 Å². The predicted octanol–water partition coefficient (Wildman–Crippen LogP) is 3.65. The number of ether oxygens (including phenoxy) is 1. The van der Waals surface area contributed by atoms with Gasteiger partial charge >= 0.3 is 0 Å². The summed E-state index contributed by atoms with van der Waals surface area (Å²) in [7, 11) is 1.47. The van der Waals surface area contributed by atoms with Crippen LogP contribution in [-0.2, 0) is 4.79 Å². The van der Waals surface area contributed by atoms with Gasteiger partial charge in [0.25, 0.3) is 5.91 Å². The van der Waals surface area contributed by atoms with Crippen LogP contribution in [0.25, 0.3) is 0 Å². The number of carbonyl (C=O) groups excluding carboxylic acids is 2. The van der Waals surface area contributed by atoms with Crippen molar-refractivity contribution in [1.82, 2.24) is 15.5 Å². The maximum Gasteiger partial charge on any atom is 0.261 e. The van der Waals surface area contributed by atoms with Gasteiger partial charge in [0.15, 0.2) is 4.34 Å². The number of imide groups is 1. The zero-order chi connectivity index (χ0) is 19.9. The van der Waals surface area contributed by atoms with Gasteiger partial charge in [-0.15, -0.1) is 10.2 Å². The summed E-state index contributed by atoms with van der Waals surface area (Å²) in [6.45, 7) is 2.02. The van der Waals surface area contributed by atoms with E-state index in [9.17, 15) is 9.59 Å². The van der Waals surface area contributed by atoms with Crippen LogP contribution < -0.4 is 15.4 Å². The van der Waals surface area contributed by atoms with Gasteiger partial charge in [-0.1, -0.05) is 52.9 Å². The summed E-state index contributed by atoms with van der Waals surface area (Å²) >= 11 is 2.56. The molecule has 144 valence electrons. The molecule has 0 bridgehead atoms. The molecule has 0 fully saturated rings. The van der Waals surface area contributed by atoms with Gasteiger partial charge in [-0.2, -0.15) is 0 Å². The lowest BCUT2D eigenvalue weighted by Gasteiger charge is -2.07. The number of benzene rings is 2. The van der Waals surface area contributed by atoms with Crippen molar-refractivity contribution in [3.63, 3.8) is 0 Å². The molecule has 1 heterocycles. The Labute approximate surface area is 170 Å². The Morgan fingerprint density at radius 3 is 2.61 bits per heavy atom. The summed E-state index contributed by atoms with van der Waals surface area (Å²) in [5, 5.41) is 14.3. The number of aromatic nitrogens is 2. The first-order valence-electron chi connectivity index (χ1n) is 8.32. The number of methoxy groups -OCH3 is 1. The second-order valence-electron chi connectivity index (χ2n) is 5.73. The van der Waals surface area contributed by atoms with Crippen molar-refractivity contribution in [3.05, 3.63) is 59.7 Å². The van der Waals surface area contributed by atoms with E-state index >= 15 is 0 Å². The standard InChI is InChI=1S/C19H18N4O3S2/c1-12-7-9-13(10-8-12)20-18-22-23-19(28-18)27-11-16(24)21-17(25)14-5-3-4-6-15(14)26-2/h3-10H,11H2,1-2H3,(H,20,22)(H,21,24,25). The van der Waals surface area contributed by atoms with E-state index < -0.39 is 11.8 Å². The number of aryl methyl sites for hydroxylation is 1. The Bertz CT molecular complexity index is 973. The number of amides is 2. The van der Waals surface area contributed by atoms with Gasteiger partial charge < -0.3 is 10.1 Å². The molecule has 28 heavy (non-hydrogen) atoms. The van der Waals surface area contributed by atoms with Gasteiger partial charge in [0, 0.05) is 5.69 Å². The van der Waals surface area contributed by atoms with Crippen LogP contribution in [0.4, 0.5) is 10.8 Å². The molecule has 0 radical (unpaired) electrons. The molecular formula is C19H18N4O3S2. The maximum atomic E-state index is 12.2. The number of rotatable bonds is 7. The number of nitrogens with one attached hydrogen (secondary N) is 2. The molecule has 7 nitrogen and oxygen atoms in total. The molecule has 0 atom stereocenters. The van der Waals surface area contributed by atoms with E-state index in [1.165, 1.54) is 35.8 Å². The van der Waals surface area contributed by atoms with Crippen LogP contribution in [0, 0.1) is 6.92 Å². The number of anilines is 2. The highest BCUT2D eigenvalue weighted by atomic mass is 32.2. The molecule has 0 saturated heterocycles. The topological polar surface area (TPSA) is 93.2 Å². The monoisotopic (exact) mass is 414 g/mol. The van der Waals surface area contributed by atoms with E-state index in [0.29, 0.717) is 20.8 Å². The minimum atomic E-state index is -0.498. The summed E-state index contributed by atoms with van der Waals surface area (Å²) < 4.78 is 5.77. The molecule has 1 aromatic heterocycles. The van der Waals surface area contributed by atoms with Crippen molar-refractivity contribution in [2.45, 2.75) is 11.3 Å². The summed E-state index contributed by atoms with van der Waals surface area (Å²) in [5.74, 6) is -0.442. The predicted molar refractivity (Wildman–Crippen MR) is 111 cm³/mol. The first-order valence-corrected chi connectivity index (χ1v) is 10.1. The van der Waals surface area contributed by atoms with Crippen molar-refractivity contribution < 1.29 is 14.3 Å². The first kappa shape index (κ1) is 19.8. The van der Waals surface area contributed by atoms with Gasteiger partial charge in [-0.25, -0.2) is 0 Å². The highest BCUT2D eigenvalue weighted by Crippen LogP contribution is 2.27. The van der Waals surface area contributed by atoms with E-state index in [-0.39, 0.29) is 5.75 Å². The number of hydrogen-bond acceptors (Lipinski definition) is 8. The van der Waals surface area contributed by atoms with Crippen LogP contribution in [0.1, 0.15) is 15.9 Å². The van der Waals surface area contributed by atoms with Crippen molar-refractivity contribution >= 4 is 45.7 Å². The fraction of sp³-hybridized carbons (Fsp3) is 0.158. The average Bonchev–Trinajstić information content (AvgIpc) is 3.15. The minimum absolute atomic E-state index is 0.0556. The Balaban J connectivity index is 1.51. The van der Waals surface area contributed by atoms with Crippen LogP contribution in [0.3, 0.4) is 0 Å². The molecule has 0 saturated carbocycles. The lowest BCUT2D eigenvalue weighted by atomic mass is 10.2. The fourth-order valence-corrected chi connectivity index (χ4v) is 3.84. The number of carbonyl (C=O) groups is 2. The zero-order valence-corrected chi connectivity index (χ0v) is 16.9. The van der Waals surface area contributed by atoms with Crippen LogP contribution in [0.5, 0.6) is 5.75 Å². The molecule has 2 amide bonds. The zero-order valence-electron chi connectivity index (χ0n) is 15.3. The number of hydrogen-bond donors (Lipinski definition) is 2. The third kappa shape index (κ3) is 5.30. The Morgan fingerprint density at radius 2 is 1.86 bits per heavy atom. The SMILES string of the molecule is COc1ccccc1C(=O)NC(=O)CSc1nnc(Nc2ccc(C)cc2)s1. The van der Waals surface area contributed by atoms with Gasteiger partial charge in [0.05, 0.1) is 18.4 Å². The van der Waals surface area contributed by atoms with Crippen molar-refractivity contribution in [3.8, 4) is 5.75 Å². The van der Waals surface area contributed by atoms with E-state index in [1.807, 2.05) is 31.2 Å². The Kier molecular flexibility index (Phi) is 6.62. The highest BCUT2D eigenvalue weighted by Gasteiger charge is 2.15. The molecule has 3 aromatic rings. The van der Waals surface area contributed by atoms with Gasteiger partial charge in [-0.3, -0.25) is 14.9 Å². The van der Waals surface area contributed by atoms with E-state index in [0.717, 1.165) is 5.69 Å². The summed E-state index contributed by atoms with van der Waals surface area (Å²) in [6, 6.07) is 14.6. The minimum Gasteiger partial charge on any atom is -0.496 e. The van der Waals surface area contributed by atoms with Crippen LogP contribution in [0.2, 0.25) is 0 Å². The van der Waals surface area contributed by atoms with Crippen LogP contribution in [-0.4, -0.2) is 34.9 Å². The van der Waals surface area contributed by atoms with Crippen LogP contribution >= 0.6 is 23.1 Å². The summed E-state index contributed by atoms with van der Waals surface area (Å²) in [5.41, 5.74) is 2.40. The maximum absolute atomic E-state index is 12.2. The molecule has 0 unspecified atom stereocenters. The molecule has 0 aliphatic carbocycles. The number of nitrogens with zero attached hydrogens (tertiary/aromatic N) is 2. The molecule has 2 N–H and O–H groups in total. The molecule has 3 rings (SSSR count). The quantitative estimate of drug-likeness (QED) is 0.570. The second-order valence-corrected chi connectivity index (χ2v) is 7.93.